The van der Waals surface area contributed by atoms with Crippen LogP contribution in [-0.4, -0.2) is 16.8 Å². The van der Waals surface area contributed by atoms with Crippen molar-refractivity contribution in [2.75, 3.05) is 0 Å². The fourth-order valence-electron chi connectivity index (χ4n) is 2.57. The molecule has 0 amide bonds. The Kier molecular flexibility index (Phi) is 5.91. The number of alkyl halides is 3. The first-order valence-electron chi connectivity index (χ1n) is 8.53. The molecule has 30 heavy (non-hydrogen) atoms. The Morgan fingerprint density at radius 2 is 1.33 bits per heavy atom. The SMILES string of the molecule is N/C(=N\O)c1ccccc1C(=O)c1ccc(OOc2ccc(C(F)(F)F)cc2)cc1. The van der Waals surface area contributed by atoms with Gasteiger partial charge in [0.05, 0.1) is 5.56 Å². The lowest BCUT2D eigenvalue weighted by Gasteiger charge is -2.09. The first-order chi connectivity index (χ1) is 14.3. The molecule has 6 nitrogen and oxygen atoms in total. The molecule has 0 atom stereocenters. The molecule has 0 bridgehead atoms. The summed E-state index contributed by atoms with van der Waals surface area (Å²) in [6, 6.07) is 16.3. The van der Waals surface area contributed by atoms with E-state index in [0.717, 1.165) is 24.3 Å². The third kappa shape index (κ3) is 4.69. The molecule has 0 unspecified atom stereocenters. The van der Waals surface area contributed by atoms with Gasteiger partial charge in [0.1, 0.15) is 0 Å². The van der Waals surface area contributed by atoms with Crippen LogP contribution in [0, 0.1) is 0 Å². The normalized spacial score (nSPS) is 11.8. The fourth-order valence-corrected chi connectivity index (χ4v) is 2.57. The van der Waals surface area contributed by atoms with Crippen LogP contribution in [0.3, 0.4) is 0 Å². The fraction of sp³-hybridized carbons (Fsp3) is 0.0476. The average Bonchev–Trinajstić information content (AvgIpc) is 2.76. The third-order valence-corrected chi connectivity index (χ3v) is 4.09. The monoisotopic (exact) mass is 416 g/mol. The van der Waals surface area contributed by atoms with Crippen molar-refractivity contribution in [2.24, 2.45) is 10.9 Å². The molecule has 0 saturated heterocycles. The summed E-state index contributed by atoms with van der Waals surface area (Å²) in [6.45, 7) is 0. The second-order valence-corrected chi connectivity index (χ2v) is 6.07. The molecule has 0 spiro atoms. The molecule has 0 aromatic heterocycles. The zero-order valence-electron chi connectivity index (χ0n) is 15.3. The van der Waals surface area contributed by atoms with Crippen molar-refractivity contribution < 1.29 is 32.9 Å². The van der Waals surface area contributed by atoms with Gasteiger partial charge in [-0.2, -0.15) is 13.2 Å². The zero-order chi connectivity index (χ0) is 21.7. The lowest BCUT2D eigenvalue weighted by Crippen LogP contribution is -2.18. The highest BCUT2D eigenvalue weighted by Gasteiger charge is 2.30. The van der Waals surface area contributed by atoms with Crippen LogP contribution in [0.5, 0.6) is 11.5 Å². The van der Waals surface area contributed by atoms with Crippen molar-refractivity contribution in [1.82, 2.24) is 0 Å². The molecule has 3 aromatic carbocycles. The van der Waals surface area contributed by atoms with Gasteiger partial charge in [-0.25, -0.2) is 0 Å². The maximum Gasteiger partial charge on any atom is 0.416 e. The van der Waals surface area contributed by atoms with E-state index in [-0.39, 0.29) is 34.2 Å². The van der Waals surface area contributed by atoms with Crippen molar-refractivity contribution in [2.45, 2.75) is 6.18 Å². The van der Waals surface area contributed by atoms with E-state index in [1.54, 1.807) is 24.3 Å². The molecule has 3 rings (SSSR count). The van der Waals surface area contributed by atoms with Crippen LogP contribution in [-0.2, 0) is 6.18 Å². The van der Waals surface area contributed by atoms with E-state index in [4.69, 9.17) is 20.7 Å². The second kappa shape index (κ2) is 8.56. The Labute approximate surface area is 168 Å². The number of rotatable bonds is 6. The van der Waals surface area contributed by atoms with Gasteiger partial charge in [-0.05, 0) is 48.5 Å². The number of hydrogen-bond acceptors (Lipinski definition) is 5. The van der Waals surface area contributed by atoms with Crippen molar-refractivity contribution in [3.8, 4) is 11.5 Å². The van der Waals surface area contributed by atoms with Crippen LogP contribution in [0.15, 0.2) is 78.0 Å². The van der Waals surface area contributed by atoms with Crippen molar-refractivity contribution in [1.29, 1.82) is 0 Å². The molecule has 0 fully saturated rings. The number of carbonyl (C=O) groups excluding carboxylic acids is 1. The van der Waals surface area contributed by atoms with E-state index < -0.39 is 11.7 Å². The molecular formula is C21H15F3N2O4. The van der Waals surface area contributed by atoms with E-state index in [9.17, 15) is 18.0 Å². The van der Waals surface area contributed by atoms with Crippen molar-refractivity contribution in [3.05, 3.63) is 95.1 Å². The first-order valence-corrected chi connectivity index (χ1v) is 8.53. The van der Waals surface area contributed by atoms with Crippen molar-refractivity contribution >= 4 is 11.6 Å². The summed E-state index contributed by atoms with van der Waals surface area (Å²) in [4.78, 5) is 22.8. The predicted octanol–water partition coefficient (Wildman–Crippen LogP) is 4.40. The van der Waals surface area contributed by atoms with Gasteiger partial charge in [-0.1, -0.05) is 29.4 Å². The van der Waals surface area contributed by atoms with Crippen LogP contribution in [0.1, 0.15) is 27.0 Å². The van der Waals surface area contributed by atoms with E-state index in [1.807, 2.05) is 0 Å². The molecule has 0 aliphatic carbocycles. The Hall–Kier alpha value is -4.01. The van der Waals surface area contributed by atoms with Gasteiger partial charge in [0, 0.05) is 16.7 Å². The highest BCUT2D eigenvalue weighted by Crippen LogP contribution is 2.30. The van der Waals surface area contributed by atoms with Gasteiger partial charge in [-0.3, -0.25) is 14.6 Å². The summed E-state index contributed by atoms with van der Waals surface area (Å²) in [7, 11) is 0. The Morgan fingerprint density at radius 3 is 1.83 bits per heavy atom. The Bertz CT molecular complexity index is 1060. The van der Waals surface area contributed by atoms with Crippen LogP contribution in [0.2, 0.25) is 0 Å². The lowest BCUT2D eigenvalue weighted by molar-refractivity contribution is -0.137. The summed E-state index contributed by atoms with van der Waals surface area (Å²) < 4.78 is 37.7. The standard InChI is InChI=1S/C21H15F3N2O4/c22-21(23,24)14-7-11-16(12-8-14)30-29-15-9-5-13(6-10-15)19(27)17-3-1-2-4-18(17)20(25)26-28/h1-12,28H,(H2,25,26). The van der Waals surface area contributed by atoms with E-state index in [1.165, 1.54) is 24.3 Å². The minimum absolute atomic E-state index is 0.0795. The molecule has 0 aliphatic rings. The Balaban J connectivity index is 1.69. The van der Waals surface area contributed by atoms with Crippen LogP contribution in [0.25, 0.3) is 0 Å². The number of nitrogens with zero attached hydrogens (tertiary/aromatic N) is 1. The van der Waals surface area contributed by atoms with Gasteiger partial charge >= 0.3 is 6.18 Å². The maximum atomic E-state index is 12.7. The first kappa shape index (κ1) is 20.7. The second-order valence-electron chi connectivity index (χ2n) is 6.07. The number of carbonyl (C=O) groups is 1. The highest BCUT2D eigenvalue weighted by atomic mass is 19.4. The average molecular weight is 416 g/mol. The van der Waals surface area contributed by atoms with E-state index in [2.05, 4.69) is 5.16 Å². The molecule has 0 saturated carbocycles. The predicted molar refractivity (Wildman–Crippen MR) is 102 cm³/mol. The van der Waals surface area contributed by atoms with Crippen LogP contribution >= 0.6 is 0 Å². The minimum atomic E-state index is -4.44. The van der Waals surface area contributed by atoms with Gasteiger partial charge in [0.25, 0.3) is 0 Å². The number of hydrogen-bond donors (Lipinski definition) is 2. The number of amidine groups is 1. The summed E-state index contributed by atoms with van der Waals surface area (Å²) in [5.74, 6) is -0.233. The smallest absolute Gasteiger partial charge is 0.409 e. The summed E-state index contributed by atoms with van der Waals surface area (Å²) >= 11 is 0. The molecule has 3 aromatic rings. The number of benzene rings is 3. The minimum Gasteiger partial charge on any atom is -0.409 e. The lowest BCUT2D eigenvalue weighted by atomic mass is 9.98. The van der Waals surface area contributed by atoms with Crippen LogP contribution < -0.4 is 15.5 Å². The number of oxime groups is 1. The molecule has 9 heteroatoms. The van der Waals surface area contributed by atoms with Gasteiger partial charge in [-0.15, -0.1) is 0 Å². The molecule has 3 N–H and O–H groups in total. The number of halogens is 3. The summed E-state index contributed by atoms with van der Waals surface area (Å²) in [6.07, 6.45) is -4.44. The molecular weight excluding hydrogens is 401 g/mol. The van der Waals surface area contributed by atoms with Gasteiger partial charge in [0.2, 0.25) is 0 Å². The van der Waals surface area contributed by atoms with Gasteiger partial charge in [0.15, 0.2) is 23.1 Å². The van der Waals surface area contributed by atoms with Crippen LogP contribution in [0.4, 0.5) is 13.2 Å². The summed E-state index contributed by atoms with van der Waals surface area (Å²) in [5, 5.41) is 11.8. The molecule has 0 radical (unpaired) electrons. The largest absolute Gasteiger partial charge is 0.416 e. The number of ketones is 1. The molecule has 0 aliphatic heterocycles. The Morgan fingerprint density at radius 1 is 0.833 bits per heavy atom. The maximum absolute atomic E-state index is 12.7. The molecule has 0 heterocycles. The van der Waals surface area contributed by atoms with Gasteiger partial charge < -0.3 is 10.9 Å². The zero-order valence-corrected chi connectivity index (χ0v) is 15.3. The highest BCUT2D eigenvalue weighted by molar-refractivity contribution is 6.15. The quantitative estimate of drug-likeness (QED) is 0.155. The van der Waals surface area contributed by atoms with E-state index >= 15 is 0 Å². The topological polar surface area (TPSA) is 94.1 Å². The van der Waals surface area contributed by atoms with E-state index in [0.29, 0.717) is 5.56 Å². The van der Waals surface area contributed by atoms with Crippen molar-refractivity contribution in [3.63, 3.8) is 0 Å². The number of nitrogens with two attached hydrogens (primary N) is 1. The summed E-state index contributed by atoms with van der Waals surface area (Å²) in [5.41, 5.74) is 5.67. The third-order valence-electron chi connectivity index (χ3n) is 4.09. The molecule has 154 valence electrons.